The van der Waals surface area contributed by atoms with Crippen LogP contribution in [0, 0.1) is 45.3 Å². The highest BCUT2D eigenvalue weighted by Gasteiger charge is 2.56. The number of allylic oxidation sites excluding steroid dienone is 5. The molecule has 0 radical (unpaired) electrons. The fourth-order valence-electron chi connectivity index (χ4n) is 11.7. The van der Waals surface area contributed by atoms with E-state index in [9.17, 15) is 24.9 Å². The van der Waals surface area contributed by atoms with Crippen molar-refractivity contribution in [3.8, 4) is 11.5 Å². The fraction of sp³-hybridized carbons (Fsp3) is 0.619. The minimum Gasteiger partial charge on any atom is -0.507 e. The van der Waals surface area contributed by atoms with E-state index in [4.69, 9.17) is 4.42 Å². The van der Waals surface area contributed by atoms with Crippen LogP contribution >= 0.6 is 0 Å². The van der Waals surface area contributed by atoms with Crippen molar-refractivity contribution >= 4 is 28.3 Å². The van der Waals surface area contributed by atoms with E-state index in [2.05, 4.69) is 67.5 Å². The third-order valence-electron chi connectivity index (χ3n) is 15.5. The number of fused-ring (bicyclic) bond motifs is 5. The summed E-state index contributed by atoms with van der Waals surface area (Å²) in [5.74, 6) is -1.21. The lowest BCUT2D eigenvalue weighted by Crippen LogP contribution is -2.50. The Kier molecular flexibility index (Phi) is 7.52. The molecule has 5 aliphatic carbocycles. The zero-order valence-corrected chi connectivity index (χ0v) is 30.2. The number of aliphatic hydroxyl groups excluding tert-OH is 1. The van der Waals surface area contributed by atoms with E-state index in [1.54, 1.807) is 0 Å². The van der Waals surface area contributed by atoms with Gasteiger partial charge in [-0.25, -0.2) is 0 Å². The summed E-state index contributed by atoms with van der Waals surface area (Å²) >= 11 is 0. The molecule has 0 amide bonds. The van der Waals surface area contributed by atoms with Crippen LogP contribution in [-0.4, -0.2) is 26.9 Å². The summed E-state index contributed by atoms with van der Waals surface area (Å²) in [7, 11) is 0. The van der Waals surface area contributed by atoms with Crippen LogP contribution in [0.3, 0.4) is 0 Å². The molecule has 1 heterocycles. The number of benzene rings is 1. The van der Waals surface area contributed by atoms with E-state index in [0.29, 0.717) is 47.5 Å². The first-order valence-electron chi connectivity index (χ1n) is 18.3. The number of carbonyl (C=O) groups is 2. The number of hydrogen-bond donors (Lipinski definition) is 3. The quantitative estimate of drug-likeness (QED) is 0.172. The molecular formula is C42H54O6. The molecule has 0 spiro atoms. The predicted octanol–water partition coefficient (Wildman–Crippen LogP) is 10.4. The molecule has 1 aromatic heterocycles. The number of rotatable bonds is 4. The average Bonchev–Trinajstić information content (AvgIpc) is 3.42. The lowest BCUT2D eigenvalue weighted by atomic mass is 9.46. The molecule has 5 aliphatic rings. The Morgan fingerprint density at radius 2 is 1.29 bits per heavy atom. The van der Waals surface area contributed by atoms with E-state index < -0.39 is 11.6 Å². The van der Waals surface area contributed by atoms with Crippen molar-refractivity contribution in [3.05, 3.63) is 51.8 Å². The predicted molar refractivity (Wildman–Crippen MR) is 189 cm³/mol. The number of phenolic OH excluding ortho intramolecular Hbond substituents is 2. The minimum absolute atomic E-state index is 0.0121. The van der Waals surface area contributed by atoms with Crippen LogP contribution in [-0.2, 0) is 11.2 Å². The Balaban J connectivity index is 1.35. The summed E-state index contributed by atoms with van der Waals surface area (Å²) < 4.78 is 6.26. The van der Waals surface area contributed by atoms with Crippen molar-refractivity contribution in [3.63, 3.8) is 0 Å². The summed E-state index contributed by atoms with van der Waals surface area (Å²) in [6.07, 6.45) is 13.7. The van der Waals surface area contributed by atoms with E-state index >= 15 is 0 Å². The van der Waals surface area contributed by atoms with Crippen LogP contribution in [0.15, 0.2) is 39.4 Å². The number of aliphatic hydroxyl groups is 1. The zero-order valence-electron chi connectivity index (χ0n) is 30.2. The van der Waals surface area contributed by atoms with Crippen LogP contribution in [0.5, 0.6) is 11.5 Å². The van der Waals surface area contributed by atoms with Crippen molar-refractivity contribution in [2.75, 3.05) is 0 Å². The van der Waals surface area contributed by atoms with E-state index in [1.807, 2.05) is 0 Å². The second kappa shape index (κ2) is 10.9. The molecule has 8 unspecified atom stereocenters. The molecule has 3 N–H and O–H groups in total. The van der Waals surface area contributed by atoms with Gasteiger partial charge in [-0.1, -0.05) is 64.8 Å². The van der Waals surface area contributed by atoms with E-state index in [-0.39, 0.29) is 61.4 Å². The third kappa shape index (κ3) is 4.35. The van der Waals surface area contributed by atoms with Gasteiger partial charge >= 0.3 is 0 Å². The zero-order chi connectivity index (χ0) is 34.7. The number of phenols is 2. The summed E-state index contributed by atoms with van der Waals surface area (Å²) in [5.41, 5.74) is 3.34. The van der Waals surface area contributed by atoms with Gasteiger partial charge in [-0.05, 0) is 129 Å². The lowest BCUT2D eigenvalue weighted by Gasteiger charge is -2.58. The minimum atomic E-state index is -0.772. The Bertz CT molecular complexity index is 1840. The Morgan fingerprint density at radius 1 is 0.771 bits per heavy atom. The van der Waals surface area contributed by atoms with Gasteiger partial charge < -0.3 is 19.7 Å². The summed E-state index contributed by atoms with van der Waals surface area (Å²) in [5, 5.41) is 34.9. The molecule has 0 saturated heterocycles. The maximum absolute atomic E-state index is 13.9. The van der Waals surface area contributed by atoms with Crippen LogP contribution in [0.25, 0.3) is 16.7 Å². The molecule has 6 nitrogen and oxygen atoms in total. The van der Waals surface area contributed by atoms with Gasteiger partial charge in [-0.3, -0.25) is 9.59 Å². The van der Waals surface area contributed by atoms with Crippen LogP contribution in [0.1, 0.15) is 135 Å². The van der Waals surface area contributed by atoms with Gasteiger partial charge in [-0.15, -0.1) is 0 Å². The molecule has 7 rings (SSSR count). The van der Waals surface area contributed by atoms with Gasteiger partial charge in [0, 0.05) is 16.5 Å². The maximum atomic E-state index is 13.9. The van der Waals surface area contributed by atoms with Crippen molar-refractivity contribution in [2.45, 2.75) is 120 Å². The molecule has 48 heavy (non-hydrogen) atoms. The molecule has 1 aromatic carbocycles. The number of Topliss-reactive ketones (excluding diaryl/α,β-unsaturated/α-hetero) is 2. The largest absolute Gasteiger partial charge is 0.507 e. The number of ketones is 2. The molecule has 0 aliphatic heterocycles. The lowest BCUT2D eigenvalue weighted by molar-refractivity contribution is -0.113. The second-order valence-corrected chi connectivity index (χ2v) is 17.5. The number of aromatic hydroxyl groups is 2. The number of furan rings is 1. The van der Waals surface area contributed by atoms with Crippen LogP contribution < -0.4 is 0 Å². The van der Waals surface area contributed by atoms with Gasteiger partial charge in [0.15, 0.2) is 17.3 Å². The Morgan fingerprint density at radius 3 is 1.83 bits per heavy atom. The van der Waals surface area contributed by atoms with E-state index in [0.717, 1.165) is 51.4 Å². The van der Waals surface area contributed by atoms with Gasteiger partial charge in [-0.2, -0.15) is 0 Å². The summed E-state index contributed by atoms with van der Waals surface area (Å²) in [4.78, 5) is 27.8. The SMILES string of the molecule is CC1=CCCC2C1(C)CCC(C)C2(C)CC1=C(O)c2c(oc3c(CC4(C)C(C)CCC5(C)C(C)=CCCC54)c(O)c(O)cc23)C(=O)C1=O. The molecule has 8 atom stereocenters. The molecule has 6 heteroatoms. The van der Waals surface area contributed by atoms with Crippen molar-refractivity contribution in [1.29, 1.82) is 0 Å². The Labute approximate surface area is 285 Å². The van der Waals surface area contributed by atoms with Crippen molar-refractivity contribution in [1.82, 2.24) is 0 Å². The standard InChI is InChI=1S/C42H54O6/c1-22-11-9-13-30-39(22,5)17-15-24(3)41(30,7)20-27-34(45)32-26-19-29(43)33(44)28(37(26)48-38(32)36(47)35(27)46)21-42(8)25(4)16-18-40(6)23(2)12-10-14-31(40)42/h11-12,19,24-25,30-31,43-45H,9-10,13-18,20-21H2,1-8H3. The summed E-state index contributed by atoms with van der Waals surface area (Å²) in [6, 6.07) is 1.38. The monoisotopic (exact) mass is 654 g/mol. The number of hydrogen-bond acceptors (Lipinski definition) is 6. The third-order valence-corrected chi connectivity index (χ3v) is 15.5. The van der Waals surface area contributed by atoms with Gasteiger partial charge in [0.25, 0.3) is 5.78 Å². The van der Waals surface area contributed by atoms with Gasteiger partial charge in [0.2, 0.25) is 5.78 Å². The molecule has 0 bridgehead atoms. The smallest absolute Gasteiger partial charge is 0.269 e. The highest BCUT2D eigenvalue weighted by Crippen LogP contribution is 2.64. The topological polar surface area (TPSA) is 108 Å². The van der Waals surface area contributed by atoms with Crippen molar-refractivity contribution in [2.24, 2.45) is 45.3 Å². The van der Waals surface area contributed by atoms with Gasteiger partial charge in [0.1, 0.15) is 11.3 Å². The van der Waals surface area contributed by atoms with Crippen LogP contribution in [0.2, 0.25) is 0 Å². The van der Waals surface area contributed by atoms with Crippen LogP contribution in [0.4, 0.5) is 0 Å². The molecule has 2 aromatic rings. The van der Waals surface area contributed by atoms with Gasteiger partial charge in [0.05, 0.1) is 5.56 Å². The highest BCUT2D eigenvalue weighted by molar-refractivity contribution is 6.52. The first-order chi connectivity index (χ1) is 22.5. The summed E-state index contributed by atoms with van der Waals surface area (Å²) in [6.45, 7) is 18.2. The first kappa shape index (κ1) is 33.2. The second-order valence-electron chi connectivity index (χ2n) is 17.5. The molecule has 2 saturated carbocycles. The van der Waals surface area contributed by atoms with E-state index in [1.165, 1.54) is 17.2 Å². The average molecular weight is 655 g/mol. The Hall–Kier alpha value is -3.28. The number of carbonyl (C=O) groups excluding carboxylic acids is 2. The normalized spacial score (nSPS) is 38.3. The van der Waals surface area contributed by atoms with Crippen molar-refractivity contribution < 1.29 is 29.3 Å². The fourth-order valence-corrected chi connectivity index (χ4v) is 11.7. The maximum Gasteiger partial charge on any atom is 0.269 e. The first-order valence-corrected chi connectivity index (χ1v) is 18.3. The molecule has 258 valence electrons. The molecule has 2 fully saturated rings. The highest BCUT2D eigenvalue weighted by atomic mass is 16.4. The molecular weight excluding hydrogens is 600 g/mol.